The highest BCUT2D eigenvalue weighted by Gasteiger charge is 2.37. The van der Waals surface area contributed by atoms with E-state index in [9.17, 15) is 13.2 Å². The highest BCUT2D eigenvalue weighted by atomic mass is 19.4. The number of aromatic nitrogens is 5. The molecule has 0 radical (unpaired) electrons. The van der Waals surface area contributed by atoms with E-state index in [1.807, 2.05) is 12.1 Å². The van der Waals surface area contributed by atoms with Gasteiger partial charge in [-0.25, -0.2) is 0 Å². The molecule has 1 aromatic carbocycles. The number of nitrogens with one attached hydrogen (secondary N) is 1. The summed E-state index contributed by atoms with van der Waals surface area (Å²) in [6.45, 7) is 6.30. The van der Waals surface area contributed by atoms with Gasteiger partial charge >= 0.3 is 6.36 Å². The van der Waals surface area contributed by atoms with Crippen molar-refractivity contribution in [2.75, 3.05) is 18.1 Å². The largest absolute Gasteiger partial charge is 0.573 e. The first-order valence-corrected chi connectivity index (χ1v) is 9.24. The van der Waals surface area contributed by atoms with Crippen molar-refractivity contribution in [2.24, 2.45) is 0 Å². The molecule has 0 aliphatic carbocycles. The Bertz CT molecular complexity index is 990. The molecule has 1 fully saturated rings. The number of hydrogen-bond acceptors (Lipinski definition) is 7. The molecule has 30 heavy (non-hydrogen) atoms. The maximum atomic E-state index is 12.4. The van der Waals surface area contributed by atoms with Gasteiger partial charge in [-0.1, -0.05) is 0 Å². The highest BCUT2D eigenvalue weighted by molar-refractivity contribution is 5.51. The number of hydrogen-bond donors (Lipinski definition) is 1. The predicted octanol–water partition coefficient (Wildman–Crippen LogP) is 3.22. The Balaban J connectivity index is 1.47. The number of alkyl halides is 3. The Morgan fingerprint density at radius 1 is 1.17 bits per heavy atom. The van der Waals surface area contributed by atoms with E-state index in [4.69, 9.17) is 0 Å². The summed E-state index contributed by atoms with van der Waals surface area (Å²) in [5.41, 5.74) is 2.38. The first-order chi connectivity index (χ1) is 14.2. The number of ether oxygens (including phenoxy) is 1. The molecule has 0 atom stereocenters. The first-order valence-electron chi connectivity index (χ1n) is 9.24. The fourth-order valence-electron chi connectivity index (χ4n) is 3.50. The lowest BCUT2D eigenvalue weighted by Crippen LogP contribution is -2.39. The summed E-state index contributed by atoms with van der Waals surface area (Å²) in [4.78, 5) is 8.70. The Morgan fingerprint density at radius 3 is 2.60 bits per heavy atom. The quantitative estimate of drug-likeness (QED) is 0.680. The van der Waals surface area contributed by atoms with Crippen molar-refractivity contribution < 1.29 is 17.9 Å². The SMILES string of the molecule is CC1(C)CN(c2ccc(OC(F)(F)F)cc2)CN1Cc1ccnc(-c2nn[nH]n2)c1. The van der Waals surface area contributed by atoms with Crippen molar-refractivity contribution in [2.45, 2.75) is 32.3 Å². The molecule has 1 saturated heterocycles. The van der Waals surface area contributed by atoms with Crippen molar-refractivity contribution in [3.63, 3.8) is 0 Å². The highest BCUT2D eigenvalue weighted by Crippen LogP contribution is 2.32. The van der Waals surface area contributed by atoms with Gasteiger partial charge in [0, 0.05) is 30.5 Å². The van der Waals surface area contributed by atoms with Crippen LogP contribution in [0, 0.1) is 0 Å². The van der Waals surface area contributed by atoms with Crippen LogP contribution in [0.4, 0.5) is 18.9 Å². The van der Waals surface area contributed by atoms with Crippen molar-refractivity contribution >= 4 is 5.69 Å². The average Bonchev–Trinajstić information content (AvgIpc) is 3.30. The zero-order valence-electron chi connectivity index (χ0n) is 16.4. The van der Waals surface area contributed by atoms with Crippen molar-refractivity contribution in [3.8, 4) is 17.3 Å². The van der Waals surface area contributed by atoms with Gasteiger partial charge in [0.1, 0.15) is 11.4 Å². The van der Waals surface area contributed by atoms with Crippen molar-refractivity contribution in [1.82, 2.24) is 30.5 Å². The first kappa shape index (κ1) is 20.1. The number of nitrogens with zero attached hydrogens (tertiary/aromatic N) is 6. The van der Waals surface area contributed by atoms with E-state index in [0.29, 0.717) is 24.7 Å². The van der Waals surface area contributed by atoms with E-state index in [-0.39, 0.29) is 11.3 Å². The van der Waals surface area contributed by atoms with E-state index in [2.05, 4.69) is 54.0 Å². The van der Waals surface area contributed by atoms with Crippen LogP contribution >= 0.6 is 0 Å². The molecule has 158 valence electrons. The van der Waals surface area contributed by atoms with Crippen LogP contribution in [0.15, 0.2) is 42.6 Å². The molecular formula is C19H20F3N7O. The van der Waals surface area contributed by atoms with E-state index in [0.717, 1.165) is 17.8 Å². The molecule has 0 saturated carbocycles. The number of aromatic amines is 1. The third kappa shape index (κ3) is 4.51. The van der Waals surface area contributed by atoms with E-state index < -0.39 is 6.36 Å². The summed E-state index contributed by atoms with van der Waals surface area (Å²) in [5.74, 6) is 0.202. The normalized spacial score (nSPS) is 16.8. The lowest BCUT2D eigenvalue weighted by molar-refractivity contribution is -0.274. The molecule has 3 aromatic rings. The molecule has 0 unspecified atom stereocenters. The van der Waals surface area contributed by atoms with E-state index >= 15 is 0 Å². The van der Waals surface area contributed by atoms with Crippen LogP contribution in [0.25, 0.3) is 11.5 Å². The van der Waals surface area contributed by atoms with Gasteiger partial charge < -0.3 is 9.64 Å². The van der Waals surface area contributed by atoms with Crippen LogP contribution in [0.5, 0.6) is 5.75 Å². The van der Waals surface area contributed by atoms with Gasteiger partial charge in [-0.2, -0.15) is 5.21 Å². The molecule has 0 spiro atoms. The lowest BCUT2D eigenvalue weighted by Gasteiger charge is -2.29. The minimum atomic E-state index is -4.70. The molecule has 1 N–H and O–H groups in total. The Kier molecular flexibility index (Phi) is 5.06. The van der Waals surface area contributed by atoms with Gasteiger partial charge in [-0.3, -0.25) is 9.88 Å². The Morgan fingerprint density at radius 2 is 1.93 bits per heavy atom. The van der Waals surface area contributed by atoms with Gasteiger partial charge in [-0.15, -0.1) is 23.4 Å². The van der Waals surface area contributed by atoms with E-state index in [1.54, 1.807) is 18.3 Å². The fraction of sp³-hybridized carbons (Fsp3) is 0.368. The predicted molar refractivity (Wildman–Crippen MR) is 102 cm³/mol. The van der Waals surface area contributed by atoms with Gasteiger partial charge in [0.25, 0.3) is 0 Å². The Labute approximate surface area is 170 Å². The van der Waals surface area contributed by atoms with Gasteiger partial charge in [0.05, 0.1) is 6.67 Å². The van der Waals surface area contributed by atoms with Gasteiger partial charge in [-0.05, 0) is 61.0 Å². The maximum absolute atomic E-state index is 12.4. The Hall–Kier alpha value is -3.21. The van der Waals surface area contributed by atoms with Crippen LogP contribution in [0.1, 0.15) is 19.4 Å². The second kappa shape index (κ2) is 7.56. The van der Waals surface area contributed by atoms with E-state index in [1.165, 1.54) is 12.1 Å². The number of halogens is 3. The van der Waals surface area contributed by atoms with Gasteiger partial charge in [0.2, 0.25) is 5.82 Å². The molecule has 2 aromatic heterocycles. The van der Waals surface area contributed by atoms with Gasteiger partial charge in [0.15, 0.2) is 0 Å². The molecule has 1 aliphatic rings. The third-order valence-electron chi connectivity index (χ3n) is 4.98. The molecule has 1 aliphatic heterocycles. The smallest absolute Gasteiger partial charge is 0.406 e. The molecule has 4 rings (SSSR count). The summed E-state index contributed by atoms with van der Waals surface area (Å²) in [5, 5.41) is 13.9. The molecule has 3 heterocycles. The number of pyridine rings is 1. The second-order valence-corrected chi connectivity index (χ2v) is 7.68. The molecular weight excluding hydrogens is 399 g/mol. The average molecular weight is 419 g/mol. The molecule has 8 nitrogen and oxygen atoms in total. The number of tetrazole rings is 1. The lowest BCUT2D eigenvalue weighted by atomic mass is 10.0. The molecule has 0 amide bonds. The monoisotopic (exact) mass is 419 g/mol. The fourth-order valence-corrected chi connectivity index (χ4v) is 3.50. The molecule has 0 bridgehead atoms. The zero-order chi connectivity index (χ0) is 21.4. The van der Waals surface area contributed by atoms with Crippen LogP contribution in [0.3, 0.4) is 0 Å². The minimum absolute atomic E-state index is 0.142. The summed E-state index contributed by atoms with van der Waals surface area (Å²) in [7, 11) is 0. The standard InChI is InChI=1S/C19H20F3N7O/c1-18(2)11-28(14-3-5-15(6-4-14)30-19(20,21)22)12-29(18)10-13-7-8-23-16(9-13)17-24-26-27-25-17/h3-9H,10-12H2,1-2H3,(H,24,25,26,27). The summed E-state index contributed by atoms with van der Waals surface area (Å²) in [6.07, 6.45) is -2.99. The topological polar surface area (TPSA) is 83.1 Å². The third-order valence-corrected chi connectivity index (χ3v) is 4.98. The van der Waals surface area contributed by atoms with Crippen molar-refractivity contribution in [1.29, 1.82) is 0 Å². The van der Waals surface area contributed by atoms with Crippen molar-refractivity contribution in [3.05, 3.63) is 48.2 Å². The minimum Gasteiger partial charge on any atom is -0.406 e. The number of H-pyrrole nitrogens is 1. The molecule has 11 heteroatoms. The summed E-state index contributed by atoms with van der Waals surface area (Å²) < 4.78 is 41.0. The number of anilines is 1. The van der Waals surface area contributed by atoms with Crippen LogP contribution in [0.2, 0.25) is 0 Å². The van der Waals surface area contributed by atoms with Crippen LogP contribution in [-0.4, -0.2) is 55.6 Å². The summed E-state index contributed by atoms with van der Waals surface area (Å²) >= 11 is 0. The summed E-state index contributed by atoms with van der Waals surface area (Å²) in [6, 6.07) is 9.80. The van der Waals surface area contributed by atoms with Crippen LogP contribution < -0.4 is 9.64 Å². The second-order valence-electron chi connectivity index (χ2n) is 7.68. The number of benzene rings is 1. The number of rotatable bonds is 5. The zero-order valence-corrected chi connectivity index (χ0v) is 16.4. The van der Waals surface area contributed by atoms with Crippen LogP contribution in [-0.2, 0) is 6.54 Å². The maximum Gasteiger partial charge on any atom is 0.573 e.